The van der Waals surface area contributed by atoms with E-state index < -0.39 is 29.9 Å². The number of benzene rings is 2. The molecule has 5 aliphatic rings. The molecule has 4 aromatic rings. The number of hydrogen-bond donors (Lipinski definition) is 5. The summed E-state index contributed by atoms with van der Waals surface area (Å²) < 4.78 is 9.59. The highest BCUT2D eigenvalue weighted by molar-refractivity contribution is 5.89. The van der Waals surface area contributed by atoms with Crippen LogP contribution in [0.2, 0.25) is 0 Å². The largest absolute Gasteiger partial charge is 0.453 e. The Hall–Kier alpha value is -5.70. The Balaban J connectivity index is 0.876. The lowest BCUT2D eigenvalue weighted by atomic mass is 10.0. The number of H-pyrrole nitrogens is 2. The molecule has 1 spiro atoms. The van der Waals surface area contributed by atoms with Crippen LogP contribution in [0.5, 0.6) is 0 Å². The van der Waals surface area contributed by atoms with Crippen LogP contribution in [0.1, 0.15) is 77.1 Å². The number of carbonyl (C=O) groups excluding carboxylic acids is 4. The second-order valence-electron chi connectivity index (χ2n) is 17.0. The van der Waals surface area contributed by atoms with E-state index in [1.165, 1.54) is 14.2 Å². The van der Waals surface area contributed by atoms with E-state index in [0.29, 0.717) is 5.92 Å². The van der Waals surface area contributed by atoms with E-state index in [4.69, 9.17) is 19.4 Å². The third-order valence-corrected chi connectivity index (χ3v) is 13.1. The number of fused-ring (bicyclic) bond motifs is 1. The van der Waals surface area contributed by atoms with E-state index in [-0.39, 0.29) is 47.3 Å². The fourth-order valence-corrected chi connectivity index (χ4v) is 9.84. The summed E-state index contributed by atoms with van der Waals surface area (Å²) in [5, 5.41) is 9.10. The number of hydrogen-bond acceptors (Lipinski definition) is 9. The summed E-state index contributed by atoms with van der Waals surface area (Å²) in [6.45, 7) is 7.96. The Morgan fingerprint density at radius 3 is 1.96 bits per heavy atom. The molecule has 9 rings (SSSR count). The lowest BCUT2D eigenvalue weighted by molar-refractivity contribution is -0.145. The quantitative estimate of drug-likeness (QED) is 0.151. The summed E-state index contributed by atoms with van der Waals surface area (Å²) in [4.78, 5) is 72.1. The minimum atomic E-state index is -0.742. The van der Waals surface area contributed by atoms with E-state index in [1.54, 1.807) is 0 Å². The number of methoxy groups -OCH3 is 2. The molecule has 2 aromatic heterocycles. The van der Waals surface area contributed by atoms with Crippen LogP contribution in [0.15, 0.2) is 60.9 Å². The molecular formula is C42H49N9O6. The van der Waals surface area contributed by atoms with Crippen LogP contribution in [0.25, 0.3) is 33.6 Å². The smallest absolute Gasteiger partial charge is 0.407 e. The Kier molecular flexibility index (Phi) is 8.72. The van der Waals surface area contributed by atoms with Crippen molar-refractivity contribution in [2.45, 2.75) is 95.3 Å². The number of nitrogens with one attached hydrogen (secondary N) is 5. The van der Waals surface area contributed by atoms with E-state index in [2.05, 4.69) is 81.4 Å². The SMILES string of the molecule is COC(=O)N[C@H](C(=O)N1[C@H](c2ncc(-c3ccc(-c4ccc(-c5cnc([C@@H]6C[C@]7(C)C[C@@]78NC(C)[C@H](NC(=O)OC)C(=O)N68)[nH]5)cc4)cc3)[nH]2)C[C@@H]2C[C@@H]21)C(C)C. The van der Waals surface area contributed by atoms with Gasteiger partial charge in [-0.05, 0) is 66.7 Å². The van der Waals surface area contributed by atoms with Crippen molar-refractivity contribution in [2.75, 3.05) is 14.2 Å². The van der Waals surface area contributed by atoms with Crippen molar-refractivity contribution in [2.24, 2.45) is 17.3 Å². The maximum atomic E-state index is 13.9. The highest BCUT2D eigenvalue weighted by Crippen LogP contribution is 2.70. The predicted molar refractivity (Wildman–Crippen MR) is 209 cm³/mol. The maximum absolute atomic E-state index is 13.9. The van der Waals surface area contributed by atoms with Crippen LogP contribution >= 0.6 is 0 Å². The molecule has 2 saturated carbocycles. The van der Waals surface area contributed by atoms with Gasteiger partial charge in [0.25, 0.3) is 0 Å². The molecule has 15 nitrogen and oxygen atoms in total. The predicted octanol–water partition coefficient (Wildman–Crippen LogP) is 5.27. The molecule has 298 valence electrons. The van der Waals surface area contributed by atoms with Crippen LogP contribution in [-0.4, -0.2) is 97.8 Å². The number of ether oxygens (including phenoxy) is 2. The number of nitrogens with zero attached hydrogens (tertiary/aromatic N) is 4. The fourth-order valence-electron chi connectivity index (χ4n) is 9.84. The first-order valence-electron chi connectivity index (χ1n) is 19.8. The fraction of sp³-hybridized carbons (Fsp3) is 0.476. The summed E-state index contributed by atoms with van der Waals surface area (Å²) in [6.07, 6.45) is 5.83. The van der Waals surface area contributed by atoms with E-state index >= 15 is 0 Å². The number of amides is 4. The Labute approximate surface area is 330 Å². The van der Waals surface area contributed by atoms with Crippen LogP contribution in [0.3, 0.4) is 0 Å². The second-order valence-corrected chi connectivity index (χ2v) is 17.0. The summed E-state index contributed by atoms with van der Waals surface area (Å²) in [6, 6.07) is 14.6. The van der Waals surface area contributed by atoms with Crippen LogP contribution in [0.4, 0.5) is 9.59 Å². The third-order valence-electron chi connectivity index (χ3n) is 13.1. The number of rotatable bonds is 9. The lowest BCUT2D eigenvalue weighted by Gasteiger charge is -2.44. The van der Waals surface area contributed by atoms with Crippen LogP contribution < -0.4 is 16.0 Å². The molecule has 2 aliphatic carbocycles. The van der Waals surface area contributed by atoms with E-state index in [9.17, 15) is 19.2 Å². The van der Waals surface area contributed by atoms with Gasteiger partial charge >= 0.3 is 12.2 Å². The molecule has 4 amide bonds. The minimum absolute atomic E-state index is 0.0809. The van der Waals surface area contributed by atoms with Gasteiger partial charge in [0.1, 0.15) is 29.4 Å². The zero-order valence-corrected chi connectivity index (χ0v) is 33.0. The number of piperidine rings is 2. The number of imidazole rings is 2. The molecule has 1 unspecified atom stereocenters. The zero-order valence-electron chi connectivity index (χ0n) is 33.0. The molecule has 57 heavy (non-hydrogen) atoms. The summed E-state index contributed by atoms with van der Waals surface area (Å²) in [5.41, 5.74) is 5.27. The molecule has 3 aliphatic heterocycles. The number of aromatic amines is 2. The molecule has 0 bridgehead atoms. The summed E-state index contributed by atoms with van der Waals surface area (Å²) in [5.74, 6) is 1.59. The normalized spacial score (nSPS) is 30.0. The van der Waals surface area contributed by atoms with Gasteiger partial charge in [-0.25, -0.2) is 19.6 Å². The number of carbonyl (C=O) groups is 4. The maximum Gasteiger partial charge on any atom is 0.407 e. The first-order chi connectivity index (χ1) is 27.3. The number of alkyl carbamates (subject to hydrolysis) is 2. The Bertz CT molecular complexity index is 2240. The van der Waals surface area contributed by atoms with Gasteiger partial charge in [-0.2, -0.15) is 0 Å². The molecule has 15 heteroatoms. The molecule has 5 fully saturated rings. The van der Waals surface area contributed by atoms with Gasteiger partial charge in [0.05, 0.1) is 50.1 Å². The first-order valence-corrected chi connectivity index (χ1v) is 19.8. The number of likely N-dealkylation sites (tertiary alicyclic amines) is 1. The highest BCUT2D eigenvalue weighted by Gasteiger charge is 2.78. The van der Waals surface area contributed by atoms with Crippen molar-refractivity contribution in [3.05, 3.63) is 72.6 Å². The van der Waals surface area contributed by atoms with Crippen LogP contribution in [-0.2, 0) is 19.1 Å². The molecule has 0 radical (unpaired) electrons. The van der Waals surface area contributed by atoms with Crippen molar-refractivity contribution >= 4 is 24.0 Å². The van der Waals surface area contributed by atoms with E-state index in [1.807, 2.05) is 43.0 Å². The number of aromatic nitrogens is 4. The molecular weight excluding hydrogens is 727 g/mol. The highest BCUT2D eigenvalue weighted by atomic mass is 16.5. The molecule has 5 N–H and O–H groups in total. The Morgan fingerprint density at radius 2 is 1.40 bits per heavy atom. The van der Waals surface area contributed by atoms with Crippen molar-refractivity contribution in [3.63, 3.8) is 0 Å². The van der Waals surface area contributed by atoms with Gasteiger partial charge in [0.2, 0.25) is 11.8 Å². The monoisotopic (exact) mass is 775 g/mol. The van der Waals surface area contributed by atoms with Crippen molar-refractivity contribution in [1.82, 2.24) is 45.7 Å². The van der Waals surface area contributed by atoms with Gasteiger partial charge in [-0.15, -0.1) is 0 Å². The van der Waals surface area contributed by atoms with Gasteiger partial charge in [0, 0.05) is 17.5 Å². The molecule has 3 saturated heterocycles. The van der Waals surface area contributed by atoms with Crippen molar-refractivity contribution in [1.29, 1.82) is 0 Å². The topological polar surface area (TPSA) is 187 Å². The summed E-state index contributed by atoms with van der Waals surface area (Å²) in [7, 11) is 2.59. The average molecular weight is 776 g/mol. The minimum Gasteiger partial charge on any atom is -0.453 e. The van der Waals surface area contributed by atoms with Gasteiger partial charge in [-0.1, -0.05) is 69.3 Å². The van der Waals surface area contributed by atoms with E-state index in [0.717, 1.165) is 71.0 Å². The van der Waals surface area contributed by atoms with Crippen LogP contribution in [0, 0.1) is 17.3 Å². The average Bonchev–Trinajstić information content (AvgIpc) is 3.66. The molecule has 9 atom stereocenters. The standard InChI is InChI=1S/C42H49N9O6/c1-21(2)33(47-39(54)56-5)37(52)50-30-15-27(30)16-31(50)35-43-18-28(45-35)25-11-7-23(8-12-25)24-9-13-26(14-10-24)29-19-44-36(46-29)32-17-41(4)20-42(41)49-22(3)34(38(53)51(32)42)48-40(55)57-6/h7-14,18-19,21-22,27,30-34,49H,15-17,20H2,1-6H3,(H,43,45)(H,44,46)(H,47,54)(H,48,55)/t22?,27-,30-,31-,32-,33-,34-,41+,42-/m0/s1. The third kappa shape index (κ3) is 6.05. The summed E-state index contributed by atoms with van der Waals surface area (Å²) >= 11 is 0. The second kappa shape index (κ2) is 13.5. The first kappa shape index (κ1) is 36.9. The van der Waals surface area contributed by atoms with Gasteiger partial charge in [0.15, 0.2) is 0 Å². The zero-order chi connectivity index (χ0) is 40.0. The lowest BCUT2D eigenvalue weighted by Crippen LogP contribution is -2.70. The van der Waals surface area contributed by atoms with Crippen molar-refractivity contribution < 1.29 is 28.7 Å². The van der Waals surface area contributed by atoms with Gasteiger partial charge in [-0.3, -0.25) is 14.9 Å². The molecule has 2 aromatic carbocycles. The van der Waals surface area contributed by atoms with Gasteiger partial charge < -0.3 is 39.9 Å². The van der Waals surface area contributed by atoms with Crippen molar-refractivity contribution in [3.8, 4) is 33.6 Å². The Morgan fingerprint density at radius 1 is 0.842 bits per heavy atom. The molecule has 5 heterocycles.